The van der Waals surface area contributed by atoms with E-state index in [9.17, 15) is 0 Å². The topological polar surface area (TPSA) is 18.5 Å². The van der Waals surface area contributed by atoms with Crippen LogP contribution in [-0.4, -0.2) is 0 Å². The maximum atomic E-state index is 6.10. The van der Waals surface area contributed by atoms with Crippen LogP contribution in [0.5, 0.6) is 5.75 Å². The highest BCUT2D eigenvalue weighted by Crippen LogP contribution is 2.46. The molecule has 0 radical (unpaired) electrons. The third kappa shape index (κ3) is 1.29. The minimum atomic E-state index is -0.628. The molecule has 0 bridgehead atoms. The third-order valence-electron chi connectivity index (χ3n) is 2.43. The molecule has 76 valence electrons. The Balaban J connectivity index is 2.43. The first-order chi connectivity index (χ1) is 7.27. The lowest BCUT2D eigenvalue weighted by molar-refractivity contribution is -0.199. The molecule has 3 rings (SSSR count). The Labute approximate surface area is 96.2 Å². The van der Waals surface area contributed by atoms with Crippen LogP contribution >= 0.6 is 23.2 Å². The molecule has 1 heterocycles. The highest BCUT2D eigenvalue weighted by atomic mass is 35.5. The number of hydrogen-bond acceptors (Lipinski definition) is 2. The molecule has 0 N–H and O–H groups in total. The van der Waals surface area contributed by atoms with Gasteiger partial charge in [0.25, 0.3) is 0 Å². The van der Waals surface area contributed by atoms with Gasteiger partial charge in [-0.3, -0.25) is 0 Å². The van der Waals surface area contributed by atoms with Crippen molar-refractivity contribution < 1.29 is 9.78 Å². The van der Waals surface area contributed by atoms with Gasteiger partial charge in [-0.2, -0.15) is 4.89 Å². The lowest BCUT2D eigenvalue weighted by Gasteiger charge is -2.04. The summed E-state index contributed by atoms with van der Waals surface area (Å²) in [7, 11) is 0. The number of fused-ring (bicyclic) bond motifs is 3. The maximum Gasteiger partial charge on any atom is 0.208 e. The second-order valence-electron chi connectivity index (χ2n) is 3.32. The molecule has 4 heteroatoms. The van der Waals surface area contributed by atoms with Crippen LogP contribution in [0.3, 0.4) is 0 Å². The van der Waals surface area contributed by atoms with E-state index in [1.165, 1.54) is 0 Å². The van der Waals surface area contributed by atoms with Gasteiger partial charge in [-0.15, -0.1) is 0 Å². The molecule has 0 fully saturated rings. The van der Waals surface area contributed by atoms with Crippen molar-refractivity contribution in [1.29, 1.82) is 0 Å². The van der Waals surface area contributed by atoms with Crippen molar-refractivity contribution in [2.45, 2.75) is 5.56 Å². The first-order valence-corrected chi connectivity index (χ1v) is 5.27. The molecule has 0 aliphatic carbocycles. The minimum absolute atomic E-state index is 0.571. The number of halogens is 2. The van der Waals surface area contributed by atoms with Crippen molar-refractivity contribution in [3.8, 4) is 5.75 Å². The molecular formula is C11H6Cl2O2. The summed E-state index contributed by atoms with van der Waals surface area (Å²) in [5, 5.41) is 2.54. The van der Waals surface area contributed by atoms with Gasteiger partial charge in [0, 0.05) is 5.39 Å². The molecule has 0 saturated carbocycles. The van der Waals surface area contributed by atoms with Gasteiger partial charge in [-0.25, -0.2) is 0 Å². The van der Waals surface area contributed by atoms with Gasteiger partial charge in [-0.1, -0.05) is 47.5 Å². The summed E-state index contributed by atoms with van der Waals surface area (Å²) in [6.45, 7) is 0. The molecule has 2 aromatic carbocycles. The van der Waals surface area contributed by atoms with Gasteiger partial charge in [0.1, 0.15) is 0 Å². The van der Waals surface area contributed by atoms with Gasteiger partial charge in [0.15, 0.2) is 5.75 Å². The summed E-state index contributed by atoms with van der Waals surface area (Å²) in [6.07, 6.45) is 0. The molecule has 0 saturated heterocycles. The Morgan fingerprint density at radius 2 is 2.00 bits per heavy atom. The molecular weight excluding hydrogens is 235 g/mol. The Bertz CT molecular complexity index is 539. The van der Waals surface area contributed by atoms with Crippen LogP contribution in [0, 0.1) is 0 Å². The van der Waals surface area contributed by atoms with Crippen molar-refractivity contribution in [2.75, 3.05) is 0 Å². The van der Waals surface area contributed by atoms with Crippen molar-refractivity contribution in [3.05, 3.63) is 40.9 Å². The van der Waals surface area contributed by atoms with Crippen LogP contribution in [0.15, 0.2) is 30.3 Å². The fourth-order valence-electron chi connectivity index (χ4n) is 1.74. The normalized spacial score (nSPS) is 18.9. The van der Waals surface area contributed by atoms with Crippen LogP contribution < -0.4 is 4.89 Å². The zero-order chi connectivity index (χ0) is 10.4. The van der Waals surface area contributed by atoms with E-state index >= 15 is 0 Å². The highest BCUT2D eigenvalue weighted by molar-refractivity contribution is 6.34. The first kappa shape index (κ1) is 9.28. The first-order valence-electron chi connectivity index (χ1n) is 4.46. The Morgan fingerprint density at radius 1 is 1.20 bits per heavy atom. The quantitative estimate of drug-likeness (QED) is 0.511. The summed E-state index contributed by atoms with van der Waals surface area (Å²) < 4.78 is 0. The fourth-order valence-corrected chi connectivity index (χ4v) is 2.35. The lowest BCUT2D eigenvalue weighted by atomic mass is 10.1. The average Bonchev–Trinajstić information content (AvgIpc) is 2.62. The Hall–Kier alpha value is -0.960. The molecule has 0 aromatic heterocycles. The van der Waals surface area contributed by atoms with Crippen molar-refractivity contribution in [2.24, 2.45) is 0 Å². The van der Waals surface area contributed by atoms with E-state index in [-0.39, 0.29) is 0 Å². The van der Waals surface area contributed by atoms with E-state index in [1.807, 2.05) is 30.3 Å². The number of hydrogen-bond donors (Lipinski definition) is 0. The second-order valence-corrected chi connectivity index (χ2v) is 4.12. The van der Waals surface area contributed by atoms with E-state index in [4.69, 9.17) is 33.0 Å². The summed E-state index contributed by atoms with van der Waals surface area (Å²) in [6, 6.07) is 9.65. The van der Waals surface area contributed by atoms with E-state index in [0.717, 1.165) is 10.8 Å². The third-order valence-corrected chi connectivity index (χ3v) is 3.04. The zero-order valence-corrected chi connectivity index (χ0v) is 9.05. The Morgan fingerprint density at radius 3 is 2.87 bits per heavy atom. The SMILES string of the molecule is Clc1cc2ccccc2c2c1C(Cl)OO2. The monoisotopic (exact) mass is 240 g/mol. The van der Waals surface area contributed by atoms with Gasteiger partial charge in [0.2, 0.25) is 5.56 Å². The molecule has 0 spiro atoms. The average molecular weight is 241 g/mol. The van der Waals surface area contributed by atoms with E-state index in [0.29, 0.717) is 16.3 Å². The number of rotatable bonds is 0. The van der Waals surface area contributed by atoms with Crippen molar-refractivity contribution in [1.82, 2.24) is 0 Å². The van der Waals surface area contributed by atoms with Gasteiger partial charge in [0.05, 0.1) is 10.6 Å². The van der Waals surface area contributed by atoms with Gasteiger partial charge < -0.3 is 4.89 Å². The predicted molar refractivity (Wildman–Crippen MR) is 59.3 cm³/mol. The van der Waals surface area contributed by atoms with E-state index in [1.54, 1.807) is 0 Å². The Kier molecular flexibility index (Phi) is 2.02. The van der Waals surface area contributed by atoms with Crippen LogP contribution in [0.4, 0.5) is 0 Å². The summed E-state index contributed by atoms with van der Waals surface area (Å²) in [4.78, 5) is 9.98. The van der Waals surface area contributed by atoms with Gasteiger partial charge >= 0.3 is 0 Å². The summed E-state index contributed by atoms with van der Waals surface area (Å²) in [5.41, 5.74) is 0.0779. The molecule has 1 atom stereocenters. The van der Waals surface area contributed by atoms with Crippen LogP contribution in [0.1, 0.15) is 11.1 Å². The molecule has 2 nitrogen and oxygen atoms in total. The molecule has 2 aromatic rings. The van der Waals surface area contributed by atoms with E-state index < -0.39 is 5.56 Å². The largest absolute Gasteiger partial charge is 0.334 e. The maximum absolute atomic E-state index is 6.10. The highest BCUT2D eigenvalue weighted by Gasteiger charge is 2.29. The molecule has 1 unspecified atom stereocenters. The standard InChI is InChI=1S/C11H6Cl2O2/c12-8-5-6-3-1-2-4-7(6)10-9(8)11(13)15-14-10/h1-5,11H. The second kappa shape index (κ2) is 3.27. The summed E-state index contributed by atoms with van der Waals surface area (Å²) >= 11 is 12.0. The lowest BCUT2D eigenvalue weighted by Crippen LogP contribution is -1.86. The molecule has 1 aliphatic rings. The predicted octanol–water partition coefficient (Wildman–Crippen LogP) is 4.05. The smallest absolute Gasteiger partial charge is 0.208 e. The van der Waals surface area contributed by atoms with Crippen molar-refractivity contribution in [3.63, 3.8) is 0 Å². The van der Waals surface area contributed by atoms with Crippen LogP contribution in [-0.2, 0) is 4.89 Å². The van der Waals surface area contributed by atoms with Crippen LogP contribution in [0.2, 0.25) is 5.02 Å². The van der Waals surface area contributed by atoms with Gasteiger partial charge in [-0.05, 0) is 11.5 Å². The molecule has 0 amide bonds. The minimum Gasteiger partial charge on any atom is -0.334 e. The summed E-state index contributed by atoms with van der Waals surface area (Å²) in [5.74, 6) is 0.623. The number of benzene rings is 2. The zero-order valence-electron chi connectivity index (χ0n) is 7.54. The molecule has 15 heavy (non-hydrogen) atoms. The van der Waals surface area contributed by atoms with E-state index in [2.05, 4.69) is 0 Å². The fraction of sp³-hybridized carbons (Fsp3) is 0.0909. The molecule has 1 aliphatic heterocycles. The van der Waals surface area contributed by atoms with Crippen LogP contribution in [0.25, 0.3) is 10.8 Å². The van der Waals surface area contributed by atoms with Crippen molar-refractivity contribution >= 4 is 34.0 Å². The number of alkyl halides is 1.